The van der Waals surface area contributed by atoms with E-state index in [2.05, 4.69) is 10.3 Å². The van der Waals surface area contributed by atoms with Gasteiger partial charge in [0, 0.05) is 22.8 Å². The molecule has 0 unspecified atom stereocenters. The van der Waals surface area contributed by atoms with Crippen molar-refractivity contribution >= 4 is 51.2 Å². The van der Waals surface area contributed by atoms with Gasteiger partial charge in [-0.3, -0.25) is 4.79 Å². The number of carbonyl (C=O) groups excluding carboxylic acids is 1. The molecule has 0 saturated carbocycles. The van der Waals surface area contributed by atoms with Gasteiger partial charge in [-0.25, -0.2) is 0 Å². The number of carbonyl (C=O) groups is 1. The van der Waals surface area contributed by atoms with Gasteiger partial charge in [0.2, 0.25) is 5.91 Å². The topological polar surface area (TPSA) is 44.9 Å². The van der Waals surface area contributed by atoms with E-state index in [1.165, 1.54) is 12.5 Å². The largest absolute Gasteiger partial charge is 0.352 e. The molecule has 0 aliphatic heterocycles. The Balaban J connectivity index is 2.16. The maximum absolute atomic E-state index is 11.6. The quantitative estimate of drug-likeness (QED) is 0.527. The first-order chi connectivity index (χ1) is 11.0. The standard InChI is InChI=1S/C18H15ClN2OS/c1-10-3-5-12(6-4-10)18(23)17-16(20-11(2)22)14-8-7-13(19)9-15(14)21-17/h3-9,21H,1-2H3,(H,20,22). The fourth-order valence-electron chi connectivity index (χ4n) is 2.50. The lowest BCUT2D eigenvalue weighted by Gasteiger charge is -2.07. The van der Waals surface area contributed by atoms with E-state index in [0.717, 1.165) is 22.2 Å². The highest BCUT2D eigenvalue weighted by Crippen LogP contribution is 2.31. The number of fused-ring (bicyclic) bond motifs is 1. The summed E-state index contributed by atoms with van der Waals surface area (Å²) in [6, 6.07) is 13.5. The number of nitrogens with one attached hydrogen (secondary N) is 2. The van der Waals surface area contributed by atoms with Crippen LogP contribution in [0.3, 0.4) is 0 Å². The van der Waals surface area contributed by atoms with Gasteiger partial charge in [0.15, 0.2) is 0 Å². The lowest BCUT2D eigenvalue weighted by Crippen LogP contribution is -2.10. The first-order valence-corrected chi connectivity index (χ1v) is 7.94. The molecule has 3 rings (SSSR count). The molecule has 3 aromatic rings. The van der Waals surface area contributed by atoms with E-state index in [1.807, 2.05) is 43.3 Å². The fourth-order valence-corrected chi connectivity index (χ4v) is 2.96. The number of hydrogen-bond acceptors (Lipinski definition) is 2. The van der Waals surface area contributed by atoms with Crippen LogP contribution in [0.1, 0.15) is 23.7 Å². The zero-order chi connectivity index (χ0) is 16.6. The zero-order valence-electron chi connectivity index (χ0n) is 12.7. The van der Waals surface area contributed by atoms with Gasteiger partial charge < -0.3 is 10.3 Å². The van der Waals surface area contributed by atoms with Crippen LogP contribution in [0.5, 0.6) is 0 Å². The van der Waals surface area contributed by atoms with Gasteiger partial charge in [0.1, 0.15) is 0 Å². The number of anilines is 1. The van der Waals surface area contributed by atoms with Crippen LogP contribution in [-0.2, 0) is 4.79 Å². The van der Waals surface area contributed by atoms with Crippen LogP contribution in [0.4, 0.5) is 5.69 Å². The van der Waals surface area contributed by atoms with E-state index in [9.17, 15) is 4.79 Å². The van der Waals surface area contributed by atoms with E-state index < -0.39 is 0 Å². The molecule has 0 atom stereocenters. The predicted molar refractivity (Wildman–Crippen MR) is 99.6 cm³/mol. The Hall–Kier alpha value is -2.17. The smallest absolute Gasteiger partial charge is 0.221 e. The summed E-state index contributed by atoms with van der Waals surface area (Å²) >= 11 is 11.7. The van der Waals surface area contributed by atoms with Crippen LogP contribution < -0.4 is 5.32 Å². The van der Waals surface area contributed by atoms with Crippen LogP contribution in [0.25, 0.3) is 10.9 Å². The number of benzene rings is 2. The summed E-state index contributed by atoms with van der Waals surface area (Å²) in [6.45, 7) is 3.51. The molecule has 0 aliphatic carbocycles. The molecule has 5 heteroatoms. The Morgan fingerprint density at radius 1 is 1.17 bits per heavy atom. The number of hydrogen-bond donors (Lipinski definition) is 2. The molecule has 1 aromatic heterocycles. The fraction of sp³-hybridized carbons (Fsp3) is 0.111. The van der Waals surface area contributed by atoms with Crippen molar-refractivity contribution in [1.82, 2.24) is 4.98 Å². The monoisotopic (exact) mass is 342 g/mol. The summed E-state index contributed by atoms with van der Waals surface area (Å²) in [4.78, 5) is 15.5. The highest BCUT2D eigenvalue weighted by atomic mass is 35.5. The number of aromatic amines is 1. The Kier molecular flexibility index (Phi) is 4.20. The summed E-state index contributed by atoms with van der Waals surface area (Å²) in [5.41, 5.74) is 4.34. The van der Waals surface area contributed by atoms with E-state index in [0.29, 0.717) is 15.6 Å². The molecule has 116 valence electrons. The number of halogens is 1. The number of H-pyrrole nitrogens is 1. The van der Waals surface area contributed by atoms with Crippen molar-refractivity contribution < 1.29 is 4.79 Å². The summed E-state index contributed by atoms with van der Waals surface area (Å²) in [6.07, 6.45) is 0. The van der Waals surface area contributed by atoms with Gasteiger partial charge >= 0.3 is 0 Å². The average Bonchev–Trinajstić information content (AvgIpc) is 2.84. The second-order valence-corrected chi connectivity index (χ2v) is 6.29. The van der Waals surface area contributed by atoms with Crippen molar-refractivity contribution in [3.8, 4) is 0 Å². The van der Waals surface area contributed by atoms with Crippen LogP contribution in [0, 0.1) is 6.92 Å². The van der Waals surface area contributed by atoms with Crippen LogP contribution in [-0.4, -0.2) is 15.8 Å². The van der Waals surface area contributed by atoms with Gasteiger partial charge in [-0.2, -0.15) is 0 Å². The molecule has 0 radical (unpaired) electrons. The molecule has 2 N–H and O–H groups in total. The molecule has 0 saturated heterocycles. The minimum Gasteiger partial charge on any atom is -0.352 e. The molecule has 1 heterocycles. The van der Waals surface area contributed by atoms with Gasteiger partial charge in [-0.15, -0.1) is 0 Å². The molecular weight excluding hydrogens is 328 g/mol. The third-order valence-electron chi connectivity index (χ3n) is 3.60. The molecule has 0 fully saturated rings. The number of aryl methyl sites for hydroxylation is 1. The SMILES string of the molecule is CC(=O)Nc1c(C(=S)c2ccc(C)cc2)[nH]c2cc(Cl)ccc12. The maximum atomic E-state index is 11.6. The molecule has 0 bridgehead atoms. The van der Waals surface area contributed by atoms with Crippen molar-refractivity contribution in [1.29, 1.82) is 0 Å². The van der Waals surface area contributed by atoms with Gasteiger partial charge in [-0.05, 0) is 30.7 Å². The lowest BCUT2D eigenvalue weighted by atomic mass is 10.1. The second kappa shape index (κ2) is 6.14. The number of thiocarbonyl (C=S) groups is 1. The van der Waals surface area contributed by atoms with E-state index >= 15 is 0 Å². The van der Waals surface area contributed by atoms with E-state index in [-0.39, 0.29) is 5.91 Å². The minimum absolute atomic E-state index is 0.145. The predicted octanol–water partition coefficient (Wildman–Crippen LogP) is 4.85. The Labute approximate surface area is 144 Å². The van der Waals surface area contributed by atoms with Crippen LogP contribution in [0.15, 0.2) is 42.5 Å². The Bertz CT molecular complexity index is 913. The highest BCUT2D eigenvalue weighted by molar-refractivity contribution is 7.81. The first kappa shape index (κ1) is 15.7. The summed E-state index contributed by atoms with van der Waals surface area (Å²) in [7, 11) is 0. The van der Waals surface area contributed by atoms with Crippen LogP contribution in [0.2, 0.25) is 5.02 Å². The molecule has 2 aromatic carbocycles. The lowest BCUT2D eigenvalue weighted by molar-refractivity contribution is -0.114. The van der Waals surface area contributed by atoms with Crippen molar-refractivity contribution in [3.63, 3.8) is 0 Å². The second-order valence-electron chi connectivity index (χ2n) is 5.44. The number of rotatable bonds is 3. The van der Waals surface area contributed by atoms with Crippen LogP contribution >= 0.6 is 23.8 Å². The minimum atomic E-state index is -0.145. The third kappa shape index (κ3) is 3.14. The Morgan fingerprint density at radius 2 is 1.87 bits per heavy atom. The normalized spacial score (nSPS) is 10.7. The van der Waals surface area contributed by atoms with E-state index in [1.54, 1.807) is 6.07 Å². The Morgan fingerprint density at radius 3 is 2.52 bits per heavy atom. The molecular formula is C18H15ClN2OS. The zero-order valence-corrected chi connectivity index (χ0v) is 14.3. The van der Waals surface area contributed by atoms with Crippen molar-refractivity contribution in [2.24, 2.45) is 0 Å². The first-order valence-electron chi connectivity index (χ1n) is 7.16. The summed E-state index contributed by atoms with van der Waals surface area (Å²) in [5.74, 6) is -0.145. The molecule has 1 amide bonds. The van der Waals surface area contributed by atoms with Crippen molar-refractivity contribution in [2.75, 3.05) is 5.32 Å². The highest BCUT2D eigenvalue weighted by Gasteiger charge is 2.17. The number of amides is 1. The molecule has 0 spiro atoms. The van der Waals surface area contributed by atoms with Crippen molar-refractivity contribution in [2.45, 2.75) is 13.8 Å². The average molecular weight is 343 g/mol. The van der Waals surface area contributed by atoms with Crippen molar-refractivity contribution in [3.05, 3.63) is 64.3 Å². The molecule has 3 nitrogen and oxygen atoms in total. The van der Waals surface area contributed by atoms with Gasteiger partial charge in [-0.1, -0.05) is 53.6 Å². The maximum Gasteiger partial charge on any atom is 0.221 e. The van der Waals surface area contributed by atoms with Gasteiger partial charge in [0.05, 0.1) is 16.2 Å². The van der Waals surface area contributed by atoms with Gasteiger partial charge in [0.25, 0.3) is 0 Å². The summed E-state index contributed by atoms with van der Waals surface area (Å²) < 4.78 is 0. The number of aromatic nitrogens is 1. The summed E-state index contributed by atoms with van der Waals surface area (Å²) in [5, 5.41) is 4.39. The van der Waals surface area contributed by atoms with E-state index in [4.69, 9.17) is 23.8 Å². The third-order valence-corrected chi connectivity index (χ3v) is 4.28. The molecule has 23 heavy (non-hydrogen) atoms. The molecule has 0 aliphatic rings.